The lowest BCUT2D eigenvalue weighted by Gasteiger charge is -2.37. The van der Waals surface area contributed by atoms with E-state index < -0.39 is 72.5 Å². The lowest BCUT2D eigenvalue weighted by molar-refractivity contribution is -0.148. The van der Waals surface area contributed by atoms with Gasteiger partial charge in [0.1, 0.15) is 30.3 Å². The van der Waals surface area contributed by atoms with Gasteiger partial charge in [0.2, 0.25) is 23.6 Å². The second-order valence-electron chi connectivity index (χ2n) is 10.6. The molecule has 1 heterocycles. The molecule has 0 aromatic rings. The number of methoxy groups -OCH3 is 1. The van der Waals surface area contributed by atoms with Gasteiger partial charge in [-0.3, -0.25) is 19.2 Å². The van der Waals surface area contributed by atoms with Gasteiger partial charge in [-0.25, -0.2) is 9.59 Å². The van der Waals surface area contributed by atoms with Crippen LogP contribution in [0.25, 0.3) is 0 Å². The normalized spacial score (nSPS) is 17.4. The number of piperazine rings is 1. The smallest absolute Gasteiger partial charge is 0.408 e. The predicted molar refractivity (Wildman–Crippen MR) is 133 cm³/mol. The zero-order valence-electron chi connectivity index (χ0n) is 22.9. The molecular weight excluding hydrogens is 486 g/mol. The summed E-state index contributed by atoms with van der Waals surface area (Å²) in [5, 5.41) is 10.0. The van der Waals surface area contributed by atoms with Crippen LogP contribution in [-0.4, -0.2) is 91.1 Å². The van der Waals surface area contributed by atoms with Crippen molar-refractivity contribution in [1.29, 1.82) is 0 Å². The van der Waals surface area contributed by atoms with E-state index in [2.05, 4.69) is 21.3 Å². The molecule has 0 aromatic heterocycles. The van der Waals surface area contributed by atoms with E-state index in [0.717, 1.165) is 4.90 Å². The third-order valence-corrected chi connectivity index (χ3v) is 5.32. The molecule has 0 radical (unpaired) electrons. The summed E-state index contributed by atoms with van der Waals surface area (Å²) in [6, 6.07) is -3.05. The maximum atomic E-state index is 13.4. The van der Waals surface area contributed by atoms with Crippen molar-refractivity contribution in [3.8, 4) is 0 Å². The Balaban J connectivity index is 2.92. The Labute approximate surface area is 217 Å². The van der Waals surface area contributed by atoms with Crippen molar-refractivity contribution in [3.05, 3.63) is 0 Å². The second-order valence-corrected chi connectivity index (χ2v) is 10.6. The summed E-state index contributed by atoms with van der Waals surface area (Å²) in [5.41, 5.74) is -0.787. The molecule has 0 saturated carbocycles. The SMILES string of the molecule is COC(=O)[C@H](CC(C)C)NC(=O)CNC(=O)[C@H]1CNC(=O)CN1C(=O)[C@@H](NC(=O)OC(C)(C)C)C(C)C. The average molecular weight is 528 g/mol. The maximum Gasteiger partial charge on any atom is 0.408 e. The summed E-state index contributed by atoms with van der Waals surface area (Å²) < 4.78 is 9.96. The number of carbonyl (C=O) groups excluding carboxylic acids is 6. The van der Waals surface area contributed by atoms with Crippen LogP contribution in [0.4, 0.5) is 4.79 Å². The first-order valence-corrected chi connectivity index (χ1v) is 12.3. The third-order valence-electron chi connectivity index (χ3n) is 5.32. The highest BCUT2D eigenvalue weighted by molar-refractivity contribution is 5.97. The van der Waals surface area contributed by atoms with Crippen LogP contribution in [-0.2, 0) is 33.4 Å². The van der Waals surface area contributed by atoms with Crippen molar-refractivity contribution in [1.82, 2.24) is 26.2 Å². The molecule has 1 aliphatic heterocycles. The van der Waals surface area contributed by atoms with Crippen molar-refractivity contribution in [3.63, 3.8) is 0 Å². The first-order valence-electron chi connectivity index (χ1n) is 12.3. The molecule has 3 atom stereocenters. The van der Waals surface area contributed by atoms with Crippen LogP contribution in [0.15, 0.2) is 0 Å². The highest BCUT2D eigenvalue weighted by atomic mass is 16.6. The van der Waals surface area contributed by atoms with Gasteiger partial charge in [0, 0.05) is 6.54 Å². The molecule has 1 aliphatic rings. The number of hydrogen-bond acceptors (Lipinski definition) is 8. The van der Waals surface area contributed by atoms with Gasteiger partial charge in [-0.1, -0.05) is 27.7 Å². The number of nitrogens with one attached hydrogen (secondary N) is 4. The molecule has 1 fully saturated rings. The number of ether oxygens (including phenoxy) is 2. The number of esters is 1. The highest BCUT2D eigenvalue weighted by Gasteiger charge is 2.40. The minimum Gasteiger partial charge on any atom is -0.467 e. The average Bonchev–Trinajstić information content (AvgIpc) is 2.77. The molecule has 0 aliphatic carbocycles. The molecule has 4 N–H and O–H groups in total. The van der Waals surface area contributed by atoms with Gasteiger partial charge in [0.05, 0.1) is 13.7 Å². The van der Waals surface area contributed by atoms with E-state index in [9.17, 15) is 28.8 Å². The van der Waals surface area contributed by atoms with E-state index in [0.29, 0.717) is 6.42 Å². The minimum absolute atomic E-state index is 0.104. The third kappa shape index (κ3) is 10.6. The van der Waals surface area contributed by atoms with Crippen molar-refractivity contribution >= 4 is 35.7 Å². The summed E-state index contributed by atoms with van der Waals surface area (Å²) >= 11 is 0. The lowest BCUT2D eigenvalue weighted by Crippen LogP contribution is -2.65. The Bertz CT molecular complexity index is 868. The van der Waals surface area contributed by atoms with Crippen LogP contribution >= 0.6 is 0 Å². The standard InChI is InChI=1S/C24H41N5O8/c1-13(2)9-15(22(34)36-8)27-17(30)11-26-20(32)16-10-25-18(31)12-29(16)21(33)19(14(3)4)28-23(35)37-24(5,6)7/h13-16,19H,9-12H2,1-8H3,(H,25,31)(H,26,32)(H,27,30)(H,28,35)/t15-,16+,19-/m0/s1. The highest BCUT2D eigenvalue weighted by Crippen LogP contribution is 2.14. The molecule has 13 heteroatoms. The van der Waals surface area contributed by atoms with Crippen molar-refractivity contribution < 1.29 is 38.2 Å². The fourth-order valence-corrected chi connectivity index (χ4v) is 3.59. The number of amides is 5. The van der Waals surface area contributed by atoms with E-state index in [4.69, 9.17) is 9.47 Å². The van der Waals surface area contributed by atoms with E-state index in [1.54, 1.807) is 34.6 Å². The Hall–Kier alpha value is -3.38. The number of nitrogens with zero attached hydrogens (tertiary/aromatic N) is 1. The molecule has 0 aromatic carbocycles. The summed E-state index contributed by atoms with van der Waals surface area (Å²) in [6.45, 7) is 11.2. The first-order chi connectivity index (χ1) is 17.0. The topological polar surface area (TPSA) is 172 Å². The fraction of sp³-hybridized carbons (Fsp3) is 0.750. The number of carbonyl (C=O) groups is 6. The Morgan fingerprint density at radius 3 is 2.22 bits per heavy atom. The largest absolute Gasteiger partial charge is 0.467 e. The van der Waals surface area contributed by atoms with Crippen LogP contribution in [0.5, 0.6) is 0 Å². The predicted octanol–water partition coefficient (Wildman–Crippen LogP) is -0.317. The molecule has 5 amide bonds. The molecule has 1 rings (SSSR count). The maximum absolute atomic E-state index is 13.4. The summed E-state index contributed by atoms with van der Waals surface area (Å²) in [4.78, 5) is 76.1. The molecule has 0 bridgehead atoms. The molecule has 0 unspecified atom stereocenters. The molecule has 37 heavy (non-hydrogen) atoms. The van der Waals surface area contributed by atoms with Crippen LogP contribution in [0.3, 0.4) is 0 Å². The Kier molecular flexibility index (Phi) is 11.8. The van der Waals surface area contributed by atoms with Crippen LogP contribution < -0.4 is 21.3 Å². The van der Waals surface area contributed by atoms with Crippen LogP contribution in [0.2, 0.25) is 0 Å². The summed E-state index contributed by atoms with van der Waals surface area (Å²) in [6.07, 6.45) is -0.454. The van der Waals surface area contributed by atoms with Gasteiger partial charge >= 0.3 is 12.1 Å². The zero-order valence-corrected chi connectivity index (χ0v) is 22.9. The quantitative estimate of drug-likeness (QED) is 0.280. The minimum atomic E-state index is -1.12. The summed E-state index contributed by atoms with van der Waals surface area (Å²) in [7, 11) is 1.22. The van der Waals surface area contributed by atoms with Gasteiger partial charge in [0.25, 0.3) is 0 Å². The Morgan fingerprint density at radius 1 is 1.08 bits per heavy atom. The van der Waals surface area contributed by atoms with Crippen molar-refractivity contribution in [2.24, 2.45) is 11.8 Å². The van der Waals surface area contributed by atoms with Gasteiger partial charge in [-0.15, -0.1) is 0 Å². The fourth-order valence-electron chi connectivity index (χ4n) is 3.59. The van der Waals surface area contributed by atoms with E-state index >= 15 is 0 Å². The first kappa shape index (κ1) is 31.6. The van der Waals surface area contributed by atoms with Gasteiger partial charge < -0.3 is 35.6 Å². The molecule has 13 nitrogen and oxygen atoms in total. The van der Waals surface area contributed by atoms with E-state index in [1.165, 1.54) is 7.11 Å². The second kappa shape index (κ2) is 13.8. The number of hydrogen-bond donors (Lipinski definition) is 4. The number of rotatable bonds is 10. The molecular formula is C24H41N5O8. The summed E-state index contributed by atoms with van der Waals surface area (Å²) in [5.74, 6) is -3.27. The zero-order chi connectivity index (χ0) is 28.5. The monoisotopic (exact) mass is 527 g/mol. The van der Waals surface area contributed by atoms with Gasteiger partial charge in [-0.05, 0) is 39.0 Å². The molecule has 1 saturated heterocycles. The van der Waals surface area contributed by atoms with Crippen molar-refractivity contribution in [2.75, 3.05) is 26.7 Å². The van der Waals surface area contributed by atoms with Gasteiger partial charge in [-0.2, -0.15) is 0 Å². The number of alkyl carbamates (subject to hydrolysis) is 1. The molecule has 0 spiro atoms. The van der Waals surface area contributed by atoms with E-state index in [1.807, 2.05) is 13.8 Å². The van der Waals surface area contributed by atoms with Crippen LogP contribution in [0, 0.1) is 11.8 Å². The lowest BCUT2D eigenvalue weighted by atomic mass is 10.0. The molecule has 210 valence electrons. The Morgan fingerprint density at radius 2 is 1.70 bits per heavy atom. The van der Waals surface area contributed by atoms with Gasteiger partial charge in [0.15, 0.2) is 0 Å². The van der Waals surface area contributed by atoms with Crippen molar-refractivity contribution in [2.45, 2.75) is 78.6 Å². The van der Waals surface area contributed by atoms with E-state index in [-0.39, 0.29) is 18.4 Å². The van der Waals surface area contributed by atoms with Crippen LogP contribution in [0.1, 0.15) is 54.9 Å².